The van der Waals surface area contributed by atoms with Crippen molar-refractivity contribution in [2.24, 2.45) is 0 Å². The standard InChI is InChI=1S/C22H22FNO4.K.H2O/c1-13(2)27-19-11-16-18(12-17(19)24-9-3-4-10-24)28-21(20(16)22(25)26)14-5-7-15(23)8-6-14;;/h5-8,11-13H,3-4,9-10H2,1-2H3,(H,25,26);;1H2/q;+1;/p-1. The van der Waals surface area contributed by atoms with E-state index in [1.165, 1.54) is 24.3 Å². The fraction of sp³-hybridized carbons (Fsp3) is 0.318. The minimum atomic E-state index is -1.09. The van der Waals surface area contributed by atoms with Gasteiger partial charge < -0.3 is 24.6 Å². The van der Waals surface area contributed by atoms with Crippen molar-refractivity contribution in [1.82, 2.24) is 0 Å². The molecule has 6 nitrogen and oxygen atoms in total. The van der Waals surface area contributed by atoms with Crippen LogP contribution in [0.3, 0.4) is 0 Å². The van der Waals surface area contributed by atoms with Crippen LogP contribution in [0.5, 0.6) is 5.75 Å². The number of anilines is 1. The fourth-order valence-corrected chi connectivity index (χ4v) is 3.68. The Labute approximate surface area is 216 Å². The Morgan fingerprint density at radius 2 is 1.80 bits per heavy atom. The summed E-state index contributed by atoms with van der Waals surface area (Å²) in [4.78, 5) is 14.3. The molecule has 1 aliphatic heterocycles. The summed E-state index contributed by atoms with van der Waals surface area (Å²) in [6.07, 6.45) is 2.17. The second-order valence-corrected chi connectivity index (χ2v) is 7.30. The van der Waals surface area contributed by atoms with E-state index in [0.717, 1.165) is 31.6 Å². The summed E-state index contributed by atoms with van der Waals surface area (Å²) in [5.41, 5.74) is 1.97. The molecule has 154 valence electrons. The molecule has 4 rings (SSSR count). The zero-order valence-corrected chi connectivity index (χ0v) is 20.4. The van der Waals surface area contributed by atoms with Gasteiger partial charge in [0.1, 0.15) is 28.5 Å². The van der Waals surface area contributed by atoms with Gasteiger partial charge in [0.25, 0.3) is 0 Å². The minimum Gasteiger partial charge on any atom is -0.870 e. The third-order valence-electron chi connectivity index (χ3n) is 4.90. The van der Waals surface area contributed by atoms with Gasteiger partial charge in [-0.25, -0.2) is 9.18 Å². The number of carboxylic acid groups (broad SMARTS) is 1. The van der Waals surface area contributed by atoms with E-state index < -0.39 is 5.97 Å². The summed E-state index contributed by atoms with van der Waals surface area (Å²) in [5.74, 6) is -0.613. The number of ether oxygens (including phenoxy) is 1. The van der Waals surface area contributed by atoms with Crippen LogP contribution in [0.2, 0.25) is 0 Å². The fourth-order valence-electron chi connectivity index (χ4n) is 3.68. The third-order valence-corrected chi connectivity index (χ3v) is 4.90. The van der Waals surface area contributed by atoms with Gasteiger partial charge in [0.2, 0.25) is 0 Å². The van der Waals surface area contributed by atoms with Crippen LogP contribution in [0.1, 0.15) is 37.0 Å². The molecular formula is C22H23FKNO5. The summed E-state index contributed by atoms with van der Waals surface area (Å²) in [7, 11) is 0. The van der Waals surface area contributed by atoms with Crippen LogP contribution in [0.25, 0.3) is 22.3 Å². The monoisotopic (exact) mass is 439 g/mol. The van der Waals surface area contributed by atoms with Crippen molar-refractivity contribution in [3.8, 4) is 17.1 Å². The number of carboxylic acids is 1. The Hall–Kier alpha value is -1.42. The van der Waals surface area contributed by atoms with Crippen LogP contribution in [0.4, 0.5) is 10.1 Å². The molecule has 2 aromatic carbocycles. The van der Waals surface area contributed by atoms with Gasteiger partial charge >= 0.3 is 57.4 Å². The van der Waals surface area contributed by atoms with Crippen molar-refractivity contribution in [3.05, 3.63) is 47.8 Å². The molecule has 0 aliphatic carbocycles. The number of furan rings is 1. The number of rotatable bonds is 5. The Bertz CT molecular complexity index is 1030. The van der Waals surface area contributed by atoms with Gasteiger partial charge in [0.05, 0.1) is 11.8 Å². The average molecular weight is 440 g/mol. The molecule has 1 aromatic heterocycles. The van der Waals surface area contributed by atoms with Crippen molar-refractivity contribution >= 4 is 22.6 Å². The largest absolute Gasteiger partial charge is 1.00 e. The number of fused-ring (bicyclic) bond motifs is 1. The number of hydrogen-bond acceptors (Lipinski definition) is 5. The summed E-state index contributed by atoms with van der Waals surface area (Å²) in [6.45, 7) is 5.74. The summed E-state index contributed by atoms with van der Waals surface area (Å²) in [6, 6.07) is 9.23. The van der Waals surface area contributed by atoms with E-state index in [9.17, 15) is 14.3 Å². The van der Waals surface area contributed by atoms with Crippen LogP contribution < -0.4 is 61.0 Å². The Balaban J connectivity index is 0.00000160. The molecular weight excluding hydrogens is 416 g/mol. The number of nitrogens with zero attached hydrogens (tertiary/aromatic N) is 1. The maximum absolute atomic E-state index is 13.3. The Morgan fingerprint density at radius 1 is 1.17 bits per heavy atom. The van der Waals surface area contributed by atoms with E-state index in [4.69, 9.17) is 9.15 Å². The van der Waals surface area contributed by atoms with Crippen molar-refractivity contribution in [1.29, 1.82) is 0 Å². The molecule has 0 amide bonds. The molecule has 8 heteroatoms. The molecule has 0 bridgehead atoms. The van der Waals surface area contributed by atoms with E-state index in [1.807, 2.05) is 19.9 Å². The van der Waals surface area contributed by atoms with Crippen molar-refractivity contribution in [2.45, 2.75) is 32.8 Å². The second kappa shape index (κ2) is 10.3. The van der Waals surface area contributed by atoms with Gasteiger partial charge in [-0.1, -0.05) is 0 Å². The molecule has 3 aromatic rings. The molecule has 0 atom stereocenters. The van der Waals surface area contributed by atoms with Crippen LogP contribution in [0, 0.1) is 5.82 Å². The second-order valence-electron chi connectivity index (χ2n) is 7.30. The number of carbonyl (C=O) groups is 1. The predicted octanol–water partition coefficient (Wildman–Crippen LogP) is 2.15. The normalized spacial score (nSPS) is 13.3. The van der Waals surface area contributed by atoms with Crippen molar-refractivity contribution < 1.29 is 80.3 Å². The summed E-state index contributed by atoms with van der Waals surface area (Å²) < 4.78 is 25.3. The predicted molar refractivity (Wildman–Crippen MR) is 108 cm³/mol. The number of halogens is 1. The van der Waals surface area contributed by atoms with Crippen LogP contribution in [0.15, 0.2) is 40.8 Å². The molecule has 2 N–H and O–H groups in total. The van der Waals surface area contributed by atoms with Gasteiger partial charge in [0.15, 0.2) is 0 Å². The van der Waals surface area contributed by atoms with Crippen LogP contribution in [-0.2, 0) is 0 Å². The quantitative estimate of drug-likeness (QED) is 0.613. The van der Waals surface area contributed by atoms with Crippen molar-refractivity contribution in [2.75, 3.05) is 18.0 Å². The molecule has 30 heavy (non-hydrogen) atoms. The number of hydrogen-bond donors (Lipinski definition) is 1. The first-order chi connectivity index (χ1) is 13.4. The van der Waals surface area contributed by atoms with E-state index in [0.29, 0.717) is 22.3 Å². The van der Waals surface area contributed by atoms with Crippen LogP contribution in [-0.4, -0.2) is 35.7 Å². The number of aromatic carboxylic acids is 1. The Morgan fingerprint density at radius 3 is 2.37 bits per heavy atom. The first-order valence-corrected chi connectivity index (χ1v) is 9.45. The van der Waals surface area contributed by atoms with E-state index >= 15 is 0 Å². The summed E-state index contributed by atoms with van der Waals surface area (Å²) >= 11 is 0. The first-order valence-electron chi connectivity index (χ1n) is 9.45. The molecule has 0 saturated carbocycles. The SMILES string of the molecule is CC(C)Oc1cc2c(C(=O)O)c(-c3ccc(F)cc3)oc2cc1N1CCCC1.[K+].[OH-]. The minimum absolute atomic E-state index is 0. The zero-order chi connectivity index (χ0) is 19.8. The first kappa shape index (κ1) is 24.8. The van der Waals surface area contributed by atoms with Gasteiger partial charge in [-0.2, -0.15) is 0 Å². The molecule has 1 aliphatic rings. The summed E-state index contributed by atoms with van der Waals surface area (Å²) in [5, 5.41) is 10.3. The van der Waals surface area contributed by atoms with Gasteiger partial charge in [-0.15, -0.1) is 0 Å². The van der Waals surface area contributed by atoms with Gasteiger partial charge in [0, 0.05) is 30.1 Å². The molecule has 0 radical (unpaired) electrons. The third kappa shape index (κ3) is 4.90. The van der Waals surface area contributed by atoms with E-state index in [2.05, 4.69) is 4.90 Å². The maximum atomic E-state index is 13.3. The molecule has 1 saturated heterocycles. The van der Waals surface area contributed by atoms with Crippen molar-refractivity contribution in [3.63, 3.8) is 0 Å². The van der Waals surface area contributed by atoms with Crippen LogP contribution >= 0.6 is 0 Å². The number of benzene rings is 2. The topological polar surface area (TPSA) is 92.9 Å². The zero-order valence-electron chi connectivity index (χ0n) is 17.3. The average Bonchev–Trinajstić information content (AvgIpc) is 3.28. The molecule has 0 unspecified atom stereocenters. The molecule has 0 spiro atoms. The molecule has 1 fully saturated rings. The van der Waals surface area contributed by atoms with E-state index in [-0.39, 0.29) is 80.1 Å². The Kier molecular flexibility index (Phi) is 8.49. The molecule has 2 heterocycles. The van der Waals surface area contributed by atoms with E-state index in [1.54, 1.807) is 6.07 Å². The smallest absolute Gasteiger partial charge is 0.870 e. The maximum Gasteiger partial charge on any atom is 1.00 e. The van der Waals surface area contributed by atoms with Gasteiger partial charge in [-0.05, 0) is 57.0 Å². The van der Waals surface area contributed by atoms with Gasteiger partial charge in [-0.3, -0.25) is 0 Å².